The summed E-state index contributed by atoms with van der Waals surface area (Å²) in [6, 6.07) is 0. The van der Waals surface area contributed by atoms with Crippen LogP contribution >= 0.6 is 0 Å². The zero-order valence-electron chi connectivity index (χ0n) is 9.05. The van der Waals surface area contributed by atoms with E-state index in [2.05, 4.69) is 17.3 Å². The van der Waals surface area contributed by atoms with Crippen LogP contribution in [-0.4, -0.2) is 36.5 Å². The minimum absolute atomic E-state index is 0.0990. The molecule has 0 aliphatic carbocycles. The Hall–Kier alpha value is -0.570. The predicted molar refractivity (Wildman–Crippen MR) is 53.5 cm³/mol. The molecule has 1 rings (SSSR count). The summed E-state index contributed by atoms with van der Waals surface area (Å²) in [5.41, 5.74) is -0.0990. The number of amides is 1. The average molecular weight is 184 g/mol. The number of carbonyl (C=O) groups excluding carboxylic acids is 1. The molecule has 1 N–H and O–H groups in total. The Balaban J connectivity index is 2.41. The summed E-state index contributed by atoms with van der Waals surface area (Å²) in [6.07, 6.45) is 0.998. The van der Waals surface area contributed by atoms with Crippen molar-refractivity contribution in [2.45, 2.75) is 32.7 Å². The molecule has 0 spiro atoms. The summed E-state index contributed by atoms with van der Waals surface area (Å²) in [7, 11) is 2.06. The normalized spacial score (nSPS) is 24.8. The van der Waals surface area contributed by atoms with Crippen molar-refractivity contribution in [2.24, 2.45) is 5.92 Å². The number of nitrogens with one attached hydrogen (secondary N) is 1. The van der Waals surface area contributed by atoms with E-state index in [1.165, 1.54) is 0 Å². The van der Waals surface area contributed by atoms with Crippen molar-refractivity contribution in [3.8, 4) is 0 Å². The van der Waals surface area contributed by atoms with Gasteiger partial charge in [-0.2, -0.15) is 0 Å². The summed E-state index contributed by atoms with van der Waals surface area (Å²) in [5.74, 6) is 0.404. The molecule has 1 aliphatic rings. The quantitative estimate of drug-likeness (QED) is 0.655. The van der Waals surface area contributed by atoms with Crippen LogP contribution in [0.5, 0.6) is 0 Å². The minimum Gasteiger partial charge on any atom is -0.351 e. The Kier molecular flexibility index (Phi) is 2.96. The molecule has 1 amide bonds. The number of rotatable bonds is 1. The van der Waals surface area contributed by atoms with Crippen molar-refractivity contribution in [1.29, 1.82) is 0 Å². The van der Waals surface area contributed by atoms with Gasteiger partial charge in [-0.25, -0.2) is 0 Å². The molecule has 1 saturated heterocycles. The second-order valence-corrected chi connectivity index (χ2v) is 4.99. The van der Waals surface area contributed by atoms with Crippen LogP contribution in [0.4, 0.5) is 0 Å². The number of carbonyl (C=O) groups is 1. The molecule has 0 radical (unpaired) electrons. The van der Waals surface area contributed by atoms with E-state index in [-0.39, 0.29) is 17.4 Å². The number of nitrogens with zero attached hydrogens (tertiary/aromatic N) is 1. The Labute approximate surface area is 80.5 Å². The average Bonchev–Trinajstić information content (AvgIpc) is 2.31. The summed E-state index contributed by atoms with van der Waals surface area (Å²) in [6.45, 7) is 8.00. The smallest absolute Gasteiger partial charge is 0.224 e. The third-order valence-electron chi connectivity index (χ3n) is 2.26. The highest BCUT2D eigenvalue weighted by molar-refractivity contribution is 5.79. The number of hydrogen-bond acceptors (Lipinski definition) is 2. The first kappa shape index (κ1) is 10.5. The molecule has 1 aliphatic heterocycles. The van der Waals surface area contributed by atoms with Crippen molar-refractivity contribution in [2.75, 3.05) is 20.1 Å². The van der Waals surface area contributed by atoms with Crippen molar-refractivity contribution < 1.29 is 4.79 Å². The van der Waals surface area contributed by atoms with E-state index < -0.39 is 0 Å². The fourth-order valence-electron chi connectivity index (χ4n) is 1.62. The second kappa shape index (κ2) is 3.66. The Bertz CT molecular complexity index is 196. The van der Waals surface area contributed by atoms with E-state index in [1.807, 2.05) is 20.8 Å². The maximum Gasteiger partial charge on any atom is 0.224 e. The molecular formula is C10H20N2O. The first-order valence-corrected chi connectivity index (χ1v) is 4.89. The fourth-order valence-corrected chi connectivity index (χ4v) is 1.62. The van der Waals surface area contributed by atoms with Gasteiger partial charge >= 0.3 is 0 Å². The van der Waals surface area contributed by atoms with Gasteiger partial charge in [0.05, 0.1) is 5.92 Å². The van der Waals surface area contributed by atoms with Crippen molar-refractivity contribution in [3.05, 3.63) is 0 Å². The van der Waals surface area contributed by atoms with Crippen LogP contribution in [0.15, 0.2) is 0 Å². The molecule has 1 unspecified atom stereocenters. The van der Waals surface area contributed by atoms with Gasteiger partial charge in [0, 0.05) is 12.1 Å². The fraction of sp³-hybridized carbons (Fsp3) is 0.900. The molecule has 3 nitrogen and oxygen atoms in total. The van der Waals surface area contributed by atoms with Gasteiger partial charge in [0.1, 0.15) is 0 Å². The maximum atomic E-state index is 11.7. The van der Waals surface area contributed by atoms with Crippen LogP contribution in [0.25, 0.3) is 0 Å². The zero-order chi connectivity index (χ0) is 10.1. The minimum atomic E-state index is -0.0990. The van der Waals surface area contributed by atoms with Crippen molar-refractivity contribution in [3.63, 3.8) is 0 Å². The zero-order valence-corrected chi connectivity index (χ0v) is 9.05. The van der Waals surface area contributed by atoms with E-state index in [1.54, 1.807) is 0 Å². The molecule has 0 saturated carbocycles. The lowest BCUT2D eigenvalue weighted by atomic mass is 10.0. The molecule has 1 atom stereocenters. The van der Waals surface area contributed by atoms with Gasteiger partial charge in [-0.1, -0.05) is 0 Å². The van der Waals surface area contributed by atoms with Crippen LogP contribution in [0.3, 0.4) is 0 Å². The van der Waals surface area contributed by atoms with Gasteiger partial charge in [-0.15, -0.1) is 0 Å². The monoisotopic (exact) mass is 184 g/mol. The van der Waals surface area contributed by atoms with E-state index in [0.717, 1.165) is 19.5 Å². The SMILES string of the molecule is CN1CCC(C(=O)NC(C)(C)C)C1. The summed E-state index contributed by atoms with van der Waals surface area (Å²) in [5, 5.41) is 3.02. The third-order valence-corrected chi connectivity index (χ3v) is 2.26. The first-order chi connectivity index (χ1) is 5.88. The number of hydrogen-bond donors (Lipinski definition) is 1. The molecule has 76 valence electrons. The largest absolute Gasteiger partial charge is 0.351 e. The van der Waals surface area contributed by atoms with Crippen LogP contribution in [-0.2, 0) is 4.79 Å². The summed E-state index contributed by atoms with van der Waals surface area (Å²) < 4.78 is 0. The molecular weight excluding hydrogens is 164 g/mol. The lowest BCUT2D eigenvalue weighted by molar-refractivity contribution is -0.126. The topological polar surface area (TPSA) is 32.3 Å². The summed E-state index contributed by atoms with van der Waals surface area (Å²) in [4.78, 5) is 13.9. The van der Waals surface area contributed by atoms with Gasteiger partial charge in [0.25, 0.3) is 0 Å². The van der Waals surface area contributed by atoms with Gasteiger partial charge in [0.2, 0.25) is 5.91 Å². The van der Waals surface area contributed by atoms with Crippen LogP contribution in [0, 0.1) is 5.92 Å². The highest BCUT2D eigenvalue weighted by Gasteiger charge is 2.28. The highest BCUT2D eigenvalue weighted by atomic mass is 16.2. The van der Waals surface area contributed by atoms with Gasteiger partial charge in [-0.05, 0) is 40.8 Å². The molecule has 0 aromatic heterocycles. The molecule has 3 heteroatoms. The molecule has 0 bridgehead atoms. The Morgan fingerprint density at radius 2 is 2.08 bits per heavy atom. The maximum absolute atomic E-state index is 11.7. The predicted octanol–water partition coefficient (Wildman–Crippen LogP) is 0.853. The number of likely N-dealkylation sites (tertiary alicyclic amines) is 1. The third kappa shape index (κ3) is 3.35. The van der Waals surface area contributed by atoms with Gasteiger partial charge in [-0.3, -0.25) is 4.79 Å². The first-order valence-electron chi connectivity index (χ1n) is 4.89. The lowest BCUT2D eigenvalue weighted by Crippen LogP contribution is -2.44. The standard InChI is InChI=1S/C10H20N2O/c1-10(2,3)11-9(13)8-5-6-12(4)7-8/h8H,5-7H2,1-4H3,(H,11,13). The van der Waals surface area contributed by atoms with Crippen LogP contribution in [0.1, 0.15) is 27.2 Å². The van der Waals surface area contributed by atoms with Crippen LogP contribution in [0.2, 0.25) is 0 Å². The second-order valence-electron chi connectivity index (χ2n) is 4.99. The molecule has 13 heavy (non-hydrogen) atoms. The van der Waals surface area contributed by atoms with Crippen molar-refractivity contribution >= 4 is 5.91 Å². The van der Waals surface area contributed by atoms with Gasteiger partial charge < -0.3 is 10.2 Å². The van der Waals surface area contributed by atoms with E-state index in [4.69, 9.17) is 0 Å². The van der Waals surface area contributed by atoms with E-state index in [9.17, 15) is 4.79 Å². The molecule has 1 fully saturated rings. The molecule has 1 heterocycles. The van der Waals surface area contributed by atoms with Gasteiger partial charge in [0.15, 0.2) is 0 Å². The van der Waals surface area contributed by atoms with E-state index >= 15 is 0 Å². The lowest BCUT2D eigenvalue weighted by Gasteiger charge is -2.22. The molecule has 0 aromatic carbocycles. The van der Waals surface area contributed by atoms with Crippen molar-refractivity contribution in [1.82, 2.24) is 10.2 Å². The highest BCUT2D eigenvalue weighted by Crippen LogP contribution is 2.15. The molecule has 0 aromatic rings. The van der Waals surface area contributed by atoms with E-state index in [0.29, 0.717) is 0 Å². The van der Waals surface area contributed by atoms with Crippen LogP contribution < -0.4 is 5.32 Å². The Morgan fingerprint density at radius 1 is 1.46 bits per heavy atom. The summed E-state index contributed by atoms with van der Waals surface area (Å²) >= 11 is 0. The Morgan fingerprint density at radius 3 is 2.46 bits per heavy atom.